The van der Waals surface area contributed by atoms with Crippen LogP contribution in [0.15, 0.2) is 60.0 Å². The summed E-state index contributed by atoms with van der Waals surface area (Å²) in [6.45, 7) is 0. The van der Waals surface area contributed by atoms with Gasteiger partial charge in [0.25, 0.3) is 0 Å². The van der Waals surface area contributed by atoms with Gasteiger partial charge in [0.1, 0.15) is 0 Å². The maximum absolute atomic E-state index is 3.57. The van der Waals surface area contributed by atoms with Crippen LogP contribution in [-0.2, 0) is 0 Å². The highest BCUT2D eigenvalue weighted by molar-refractivity contribution is 7.17. The Morgan fingerprint density at radius 2 is 1.90 bits per heavy atom. The van der Waals surface area contributed by atoms with Gasteiger partial charge in [-0.25, -0.2) is 0 Å². The molecule has 1 aliphatic carbocycles. The highest BCUT2D eigenvalue weighted by Gasteiger charge is 2.44. The van der Waals surface area contributed by atoms with Crippen molar-refractivity contribution in [2.75, 3.05) is 7.05 Å². The van der Waals surface area contributed by atoms with Crippen molar-refractivity contribution in [2.45, 2.75) is 18.4 Å². The standard InChI is InChI=1S/C19H19NS/c1-20-18(15-9-5-8-14-10-11-21-19(14)15)17-12-16(17)13-6-3-2-4-7-13/h2-11,16-18,20H,12H2,1H3. The van der Waals surface area contributed by atoms with E-state index in [4.69, 9.17) is 0 Å². The van der Waals surface area contributed by atoms with Gasteiger partial charge in [-0.3, -0.25) is 0 Å². The van der Waals surface area contributed by atoms with Gasteiger partial charge in [0, 0.05) is 10.7 Å². The molecule has 1 aromatic heterocycles. The Morgan fingerprint density at radius 3 is 2.71 bits per heavy atom. The zero-order valence-electron chi connectivity index (χ0n) is 12.1. The van der Waals surface area contributed by atoms with Crippen molar-refractivity contribution in [1.29, 1.82) is 0 Å². The van der Waals surface area contributed by atoms with Crippen molar-refractivity contribution < 1.29 is 0 Å². The van der Waals surface area contributed by atoms with E-state index in [0.29, 0.717) is 17.9 Å². The second kappa shape index (κ2) is 5.28. The first-order chi connectivity index (χ1) is 10.4. The zero-order valence-corrected chi connectivity index (χ0v) is 12.9. The van der Waals surface area contributed by atoms with Crippen LogP contribution in [0.4, 0.5) is 0 Å². The highest BCUT2D eigenvalue weighted by atomic mass is 32.1. The van der Waals surface area contributed by atoms with Crippen molar-refractivity contribution in [3.8, 4) is 0 Å². The molecule has 1 saturated carbocycles. The number of nitrogens with one attached hydrogen (secondary N) is 1. The molecule has 0 spiro atoms. The maximum atomic E-state index is 3.57. The summed E-state index contributed by atoms with van der Waals surface area (Å²) in [5.74, 6) is 1.42. The molecule has 106 valence electrons. The average molecular weight is 293 g/mol. The molecule has 2 aromatic carbocycles. The van der Waals surface area contributed by atoms with E-state index in [2.05, 4.69) is 72.3 Å². The normalized spacial score (nSPS) is 22.3. The van der Waals surface area contributed by atoms with Gasteiger partial charge < -0.3 is 5.32 Å². The molecule has 1 aliphatic rings. The van der Waals surface area contributed by atoms with E-state index in [1.165, 1.54) is 27.6 Å². The summed E-state index contributed by atoms with van der Waals surface area (Å²) < 4.78 is 1.44. The molecule has 0 saturated heterocycles. The molecular weight excluding hydrogens is 274 g/mol. The molecule has 1 fully saturated rings. The molecule has 3 atom stereocenters. The van der Waals surface area contributed by atoms with E-state index in [0.717, 1.165) is 0 Å². The second-order valence-corrected chi connectivity index (χ2v) is 6.79. The third-order valence-electron chi connectivity index (χ3n) is 4.65. The Hall–Kier alpha value is -1.64. The van der Waals surface area contributed by atoms with Crippen molar-refractivity contribution in [3.05, 3.63) is 71.1 Å². The van der Waals surface area contributed by atoms with Gasteiger partial charge in [0.15, 0.2) is 0 Å². The Balaban J connectivity index is 1.66. The van der Waals surface area contributed by atoms with E-state index in [-0.39, 0.29) is 0 Å². The summed E-state index contributed by atoms with van der Waals surface area (Å²) in [4.78, 5) is 0. The van der Waals surface area contributed by atoms with Crippen LogP contribution in [0.25, 0.3) is 10.1 Å². The van der Waals surface area contributed by atoms with Crippen LogP contribution in [0.3, 0.4) is 0 Å². The summed E-state index contributed by atoms with van der Waals surface area (Å²) in [7, 11) is 2.09. The fourth-order valence-electron chi connectivity index (χ4n) is 3.53. The molecule has 0 bridgehead atoms. The number of hydrogen-bond acceptors (Lipinski definition) is 2. The van der Waals surface area contributed by atoms with E-state index < -0.39 is 0 Å². The largest absolute Gasteiger partial charge is 0.313 e. The van der Waals surface area contributed by atoms with Crippen LogP contribution in [-0.4, -0.2) is 7.05 Å². The number of hydrogen-bond donors (Lipinski definition) is 1. The Morgan fingerprint density at radius 1 is 1.05 bits per heavy atom. The number of fused-ring (bicyclic) bond motifs is 1. The smallest absolute Gasteiger partial charge is 0.0390 e. The minimum atomic E-state index is 0.456. The molecule has 0 amide bonds. The molecular formula is C19H19NS. The van der Waals surface area contributed by atoms with Gasteiger partial charge in [0.2, 0.25) is 0 Å². The topological polar surface area (TPSA) is 12.0 Å². The van der Waals surface area contributed by atoms with Crippen molar-refractivity contribution in [1.82, 2.24) is 5.32 Å². The van der Waals surface area contributed by atoms with Crippen LogP contribution in [0, 0.1) is 5.92 Å². The third kappa shape index (κ3) is 2.29. The van der Waals surface area contributed by atoms with Crippen LogP contribution in [0.5, 0.6) is 0 Å². The quantitative estimate of drug-likeness (QED) is 0.716. The van der Waals surface area contributed by atoms with Crippen molar-refractivity contribution >= 4 is 21.4 Å². The lowest BCUT2D eigenvalue weighted by molar-refractivity contribution is 0.522. The average Bonchev–Trinajstić information content (AvgIpc) is 3.16. The third-order valence-corrected chi connectivity index (χ3v) is 5.63. The van der Waals surface area contributed by atoms with E-state index in [1.54, 1.807) is 0 Å². The molecule has 1 heterocycles. The molecule has 1 nitrogen and oxygen atoms in total. The summed E-state index contributed by atoms with van der Waals surface area (Å²) >= 11 is 1.86. The molecule has 4 rings (SSSR count). The summed E-state index contributed by atoms with van der Waals surface area (Å²) in [6, 6.07) is 20.3. The van der Waals surface area contributed by atoms with Gasteiger partial charge in [-0.2, -0.15) is 0 Å². The maximum Gasteiger partial charge on any atom is 0.0390 e. The van der Waals surface area contributed by atoms with Gasteiger partial charge in [-0.1, -0.05) is 48.5 Å². The SMILES string of the molecule is CNC(c1cccc2ccsc12)C1CC1c1ccccc1. The molecule has 21 heavy (non-hydrogen) atoms. The number of benzene rings is 2. The summed E-state index contributed by atoms with van der Waals surface area (Å²) in [5, 5.41) is 7.14. The predicted octanol–water partition coefficient (Wildman–Crippen LogP) is 4.97. The number of rotatable bonds is 4. The lowest BCUT2D eigenvalue weighted by Gasteiger charge is -2.18. The molecule has 0 radical (unpaired) electrons. The lowest BCUT2D eigenvalue weighted by atomic mass is 9.98. The fraction of sp³-hybridized carbons (Fsp3) is 0.263. The predicted molar refractivity (Wildman–Crippen MR) is 90.9 cm³/mol. The van der Waals surface area contributed by atoms with E-state index >= 15 is 0 Å². The van der Waals surface area contributed by atoms with Gasteiger partial charge >= 0.3 is 0 Å². The minimum absolute atomic E-state index is 0.456. The molecule has 1 N–H and O–H groups in total. The Bertz CT molecular complexity index is 746. The van der Waals surface area contributed by atoms with E-state index in [9.17, 15) is 0 Å². The molecule has 3 aromatic rings. The Kier molecular flexibility index (Phi) is 3.28. The lowest BCUT2D eigenvalue weighted by Crippen LogP contribution is -2.19. The van der Waals surface area contributed by atoms with Crippen LogP contribution in [0.1, 0.15) is 29.5 Å². The second-order valence-electron chi connectivity index (χ2n) is 5.87. The monoisotopic (exact) mass is 293 g/mol. The molecule has 2 heteroatoms. The van der Waals surface area contributed by atoms with Crippen molar-refractivity contribution in [3.63, 3.8) is 0 Å². The van der Waals surface area contributed by atoms with Crippen molar-refractivity contribution in [2.24, 2.45) is 5.92 Å². The minimum Gasteiger partial charge on any atom is -0.313 e. The highest BCUT2D eigenvalue weighted by Crippen LogP contribution is 2.54. The van der Waals surface area contributed by atoms with Gasteiger partial charge in [-0.15, -0.1) is 11.3 Å². The van der Waals surface area contributed by atoms with Crippen LogP contribution >= 0.6 is 11.3 Å². The summed E-state index contributed by atoms with van der Waals surface area (Å²) in [6.07, 6.45) is 1.29. The number of thiophene rings is 1. The molecule has 3 unspecified atom stereocenters. The first kappa shape index (κ1) is 13.1. The zero-order chi connectivity index (χ0) is 14.2. The first-order valence-electron chi connectivity index (χ1n) is 7.57. The first-order valence-corrected chi connectivity index (χ1v) is 8.45. The van der Waals surface area contributed by atoms with Gasteiger partial charge in [-0.05, 0) is 53.3 Å². The summed E-state index contributed by atoms with van der Waals surface area (Å²) in [5.41, 5.74) is 2.95. The fourth-order valence-corrected chi connectivity index (χ4v) is 4.48. The van der Waals surface area contributed by atoms with E-state index in [1.807, 2.05) is 11.3 Å². The van der Waals surface area contributed by atoms with Crippen LogP contribution in [0.2, 0.25) is 0 Å². The van der Waals surface area contributed by atoms with Crippen LogP contribution < -0.4 is 5.32 Å². The Labute approximate surface area is 129 Å². The van der Waals surface area contributed by atoms with Gasteiger partial charge in [0.05, 0.1) is 0 Å². The molecule has 0 aliphatic heterocycles.